The van der Waals surface area contributed by atoms with Gasteiger partial charge in [0.05, 0.1) is 5.56 Å². The number of benzene rings is 1. The van der Waals surface area contributed by atoms with Crippen LogP contribution >= 0.6 is 24.4 Å². The molecular weight excluding hydrogens is 457 g/mol. The third kappa shape index (κ3) is 4.02. The summed E-state index contributed by atoms with van der Waals surface area (Å²) >= 11 is 9.80. The predicted octanol–water partition coefficient (Wildman–Crippen LogP) is 0.768. The summed E-state index contributed by atoms with van der Waals surface area (Å²) in [6.45, 7) is 0. The van der Waals surface area contributed by atoms with Crippen LogP contribution in [0.1, 0.15) is 17.0 Å². The fourth-order valence-electron chi connectivity index (χ4n) is 3.51. The van der Waals surface area contributed by atoms with Gasteiger partial charge in [0.25, 0.3) is 0 Å². The number of hydrogen-bond donors (Lipinski definition) is 2. The number of nitrogens with zero attached hydrogens (tertiary/aromatic N) is 2. The van der Waals surface area contributed by atoms with Crippen molar-refractivity contribution in [2.45, 2.75) is 12.1 Å². The highest BCUT2D eigenvalue weighted by Crippen LogP contribution is 2.39. The molecule has 2 aliphatic rings. The zero-order chi connectivity index (χ0) is 23.2. The van der Waals surface area contributed by atoms with Crippen LogP contribution in [0.15, 0.2) is 24.3 Å². The summed E-state index contributed by atoms with van der Waals surface area (Å²) in [5, 5.41) is 4.17. The molecule has 2 saturated heterocycles. The monoisotopic (exact) mass is 472 g/mol. The van der Waals surface area contributed by atoms with Crippen molar-refractivity contribution in [3.63, 3.8) is 0 Å². The summed E-state index contributed by atoms with van der Waals surface area (Å²) in [7, 11) is 2.54. The van der Waals surface area contributed by atoms with E-state index in [-0.39, 0.29) is 15.8 Å². The van der Waals surface area contributed by atoms with Gasteiger partial charge in [-0.15, -0.1) is 0 Å². The molecule has 1 aromatic rings. The fourth-order valence-corrected chi connectivity index (χ4v) is 3.89. The lowest BCUT2D eigenvalue weighted by Gasteiger charge is -2.39. The summed E-state index contributed by atoms with van der Waals surface area (Å²) < 4.78 is 39.9. The minimum atomic E-state index is -4.73. The third-order valence-electron chi connectivity index (χ3n) is 5.14. The fraction of sp³-hybridized carbons (Fsp3) is 0.333. The highest BCUT2D eigenvalue weighted by molar-refractivity contribution is 7.80. The van der Waals surface area contributed by atoms with Gasteiger partial charge >= 0.3 is 6.18 Å². The van der Waals surface area contributed by atoms with E-state index in [2.05, 4.69) is 10.6 Å². The summed E-state index contributed by atoms with van der Waals surface area (Å²) in [4.78, 5) is 53.1. The molecule has 8 nitrogen and oxygen atoms in total. The molecule has 0 aliphatic carbocycles. The van der Waals surface area contributed by atoms with Crippen LogP contribution in [0.4, 0.5) is 13.2 Å². The van der Waals surface area contributed by atoms with Gasteiger partial charge in [0, 0.05) is 20.0 Å². The minimum absolute atomic E-state index is 0.181. The molecule has 31 heavy (non-hydrogen) atoms. The number of carbonyl (C=O) groups excluding carboxylic acids is 4. The van der Waals surface area contributed by atoms with E-state index in [1.165, 1.54) is 20.2 Å². The van der Waals surface area contributed by atoms with E-state index in [1.807, 2.05) is 0 Å². The first-order chi connectivity index (χ1) is 14.3. The first kappa shape index (κ1) is 22.7. The Morgan fingerprint density at radius 3 is 1.77 bits per heavy atom. The van der Waals surface area contributed by atoms with Crippen molar-refractivity contribution in [3.05, 3.63) is 35.4 Å². The van der Waals surface area contributed by atoms with Gasteiger partial charge in [0.15, 0.2) is 10.2 Å². The van der Waals surface area contributed by atoms with Gasteiger partial charge in [0.2, 0.25) is 23.6 Å². The number of halogens is 3. The van der Waals surface area contributed by atoms with Crippen LogP contribution in [0.25, 0.3) is 0 Å². The van der Waals surface area contributed by atoms with E-state index in [4.69, 9.17) is 24.4 Å². The van der Waals surface area contributed by atoms with Crippen molar-refractivity contribution >= 4 is 58.3 Å². The smallest absolute Gasteiger partial charge is 0.302 e. The van der Waals surface area contributed by atoms with Crippen LogP contribution in [-0.4, -0.2) is 57.7 Å². The number of hydrogen-bond acceptors (Lipinski definition) is 6. The maximum absolute atomic E-state index is 13.3. The number of rotatable bonds is 3. The van der Waals surface area contributed by atoms with Gasteiger partial charge in [-0.3, -0.25) is 29.0 Å². The second-order valence-corrected chi connectivity index (χ2v) is 7.76. The Morgan fingerprint density at radius 2 is 1.35 bits per heavy atom. The topological polar surface area (TPSA) is 98.8 Å². The molecule has 2 aliphatic heterocycles. The molecule has 0 aromatic heterocycles. The number of nitrogens with one attached hydrogen (secondary N) is 2. The molecule has 164 valence electrons. The summed E-state index contributed by atoms with van der Waals surface area (Å²) in [6.07, 6.45) is -4.73. The van der Waals surface area contributed by atoms with Crippen molar-refractivity contribution in [2.24, 2.45) is 11.8 Å². The average Bonchev–Trinajstić information content (AvgIpc) is 2.68. The standard InChI is InChI=1S/C18H15F3N4O4S2/c1-24-14(28)10(12(26)22-16(24)30)9(7-4-3-5-8(6-7)18(19,20)21)11-13(27)23-17(31)25(2)15(11)29/h3-6,9-11H,1-2H3,(H,22,26,30)(H,23,27,31)/t10-,11-/m0/s1. The molecule has 0 bridgehead atoms. The van der Waals surface area contributed by atoms with Crippen LogP contribution in [0, 0.1) is 11.8 Å². The molecular formula is C18H15F3N4O4S2. The SMILES string of the molecule is CN1C(=O)[C@@H](C(c2cccc(C(F)(F)F)c2)[C@H]2C(=O)NC(=S)N(C)C2=O)C(=O)NC1=S. The maximum Gasteiger partial charge on any atom is 0.416 e. The largest absolute Gasteiger partial charge is 0.416 e. The van der Waals surface area contributed by atoms with Gasteiger partial charge in [-0.25, -0.2) is 0 Å². The van der Waals surface area contributed by atoms with Crippen LogP contribution < -0.4 is 10.6 Å². The van der Waals surface area contributed by atoms with Crippen molar-refractivity contribution in [2.75, 3.05) is 14.1 Å². The molecule has 0 radical (unpaired) electrons. The number of thiocarbonyl (C=S) groups is 2. The first-order valence-electron chi connectivity index (χ1n) is 8.76. The number of amides is 4. The van der Waals surface area contributed by atoms with Gasteiger partial charge in [-0.2, -0.15) is 13.2 Å². The molecule has 3 rings (SSSR count). The predicted molar refractivity (Wildman–Crippen MR) is 108 cm³/mol. The highest BCUT2D eigenvalue weighted by Gasteiger charge is 2.52. The van der Waals surface area contributed by atoms with Crippen molar-refractivity contribution in [1.82, 2.24) is 20.4 Å². The Kier molecular flexibility index (Phi) is 5.84. The van der Waals surface area contributed by atoms with Crippen molar-refractivity contribution in [3.8, 4) is 0 Å². The summed E-state index contributed by atoms with van der Waals surface area (Å²) in [6, 6.07) is 3.81. The minimum Gasteiger partial charge on any atom is -0.302 e. The van der Waals surface area contributed by atoms with E-state index in [0.717, 1.165) is 21.9 Å². The Hall–Kier alpha value is -2.93. The molecule has 2 fully saturated rings. The van der Waals surface area contributed by atoms with E-state index < -0.39 is 53.1 Å². The summed E-state index contributed by atoms with van der Waals surface area (Å²) in [5.41, 5.74) is -1.24. The van der Waals surface area contributed by atoms with Gasteiger partial charge in [-0.05, 0) is 36.1 Å². The second-order valence-electron chi connectivity index (χ2n) is 6.99. The second kappa shape index (κ2) is 7.96. The van der Waals surface area contributed by atoms with Gasteiger partial charge in [-0.1, -0.05) is 18.2 Å². The van der Waals surface area contributed by atoms with Crippen molar-refractivity contribution in [1.29, 1.82) is 0 Å². The normalized spacial score (nSPS) is 22.8. The lowest BCUT2D eigenvalue weighted by atomic mass is 9.73. The molecule has 0 spiro atoms. The molecule has 13 heteroatoms. The maximum atomic E-state index is 13.3. The molecule has 2 N–H and O–H groups in total. The summed E-state index contributed by atoms with van der Waals surface area (Å²) in [5.74, 6) is -8.46. The molecule has 0 saturated carbocycles. The van der Waals surface area contributed by atoms with E-state index in [9.17, 15) is 32.3 Å². The Balaban J connectivity index is 2.20. The zero-order valence-corrected chi connectivity index (χ0v) is 17.7. The van der Waals surface area contributed by atoms with E-state index in [1.54, 1.807) is 0 Å². The van der Waals surface area contributed by atoms with Crippen LogP contribution in [0.3, 0.4) is 0 Å². The third-order valence-corrected chi connectivity index (χ3v) is 5.90. The Bertz CT molecular complexity index is 977. The Labute approximate surface area is 184 Å². The van der Waals surface area contributed by atoms with Crippen LogP contribution in [-0.2, 0) is 25.4 Å². The highest BCUT2D eigenvalue weighted by atomic mass is 32.1. The Morgan fingerprint density at radius 1 is 0.903 bits per heavy atom. The van der Waals surface area contributed by atoms with Crippen LogP contribution in [0.2, 0.25) is 0 Å². The van der Waals surface area contributed by atoms with E-state index in [0.29, 0.717) is 6.07 Å². The number of carbonyl (C=O) groups is 4. The first-order valence-corrected chi connectivity index (χ1v) is 9.58. The van der Waals surface area contributed by atoms with E-state index >= 15 is 0 Å². The van der Waals surface area contributed by atoms with Crippen LogP contribution in [0.5, 0.6) is 0 Å². The quantitative estimate of drug-likeness (QED) is 0.498. The molecule has 4 amide bonds. The zero-order valence-electron chi connectivity index (χ0n) is 16.0. The van der Waals surface area contributed by atoms with Crippen molar-refractivity contribution < 1.29 is 32.3 Å². The van der Waals surface area contributed by atoms with Gasteiger partial charge in [0.1, 0.15) is 11.8 Å². The molecule has 2 atom stereocenters. The number of alkyl halides is 3. The van der Waals surface area contributed by atoms with Gasteiger partial charge < -0.3 is 10.6 Å². The molecule has 1 aromatic carbocycles. The lowest BCUT2D eigenvalue weighted by Crippen LogP contribution is -2.62. The average molecular weight is 472 g/mol. The molecule has 0 unspecified atom stereocenters. The lowest BCUT2D eigenvalue weighted by molar-refractivity contribution is -0.146. The molecule has 2 heterocycles.